The topological polar surface area (TPSA) is 148 Å². The van der Waals surface area contributed by atoms with Crippen LogP contribution in [0.25, 0.3) is 0 Å². The summed E-state index contributed by atoms with van der Waals surface area (Å²) in [4.78, 5) is 58.9. The van der Waals surface area contributed by atoms with Gasteiger partial charge in [0, 0.05) is 31.0 Å². The maximum atomic E-state index is 13.5. The van der Waals surface area contributed by atoms with Crippen LogP contribution in [0, 0.1) is 12.8 Å². The highest BCUT2D eigenvalue weighted by molar-refractivity contribution is 5.97. The first-order chi connectivity index (χ1) is 22.1. The molecule has 1 aliphatic rings. The first-order valence-corrected chi connectivity index (χ1v) is 15.2. The summed E-state index contributed by atoms with van der Waals surface area (Å²) in [6.07, 6.45) is 4.18. The Morgan fingerprint density at radius 1 is 0.978 bits per heavy atom. The van der Waals surface area contributed by atoms with E-state index in [0.717, 1.165) is 5.56 Å². The summed E-state index contributed by atoms with van der Waals surface area (Å²) in [7, 11) is 3.01. The molecular weight excluding hydrogens is 590 g/mol. The number of carbonyl (C=O) groups excluding carboxylic acids is 4. The van der Waals surface area contributed by atoms with Gasteiger partial charge in [0.05, 0.1) is 38.4 Å². The van der Waals surface area contributed by atoms with Crippen molar-refractivity contribution < 1.29 is 33.4 Å². The maximum absolute atomic E-state index is 13.5. The van der Waals surface area contributed by atoms with Crippen molar-refractivity contribution in [2.75, 3.05) is 33.9 Å². The number of nitrogens with zero attached hydrogens (tertiary/aromatic N) is 2. The molecule has 2 heterocycles. The molecule has 3 aromatic rings. The van der Waals surface area contributed by atoms with E-state index in [0.29, 0.717) is 59.1 Å². The first kappa shape index (κ1) is 33.8. The molecule has 1 aromatic heterocycles. The molecular formula is C34H41N5O7. The Labute approximate surface area is 268 Å². The van der Waals surface area contributed by atoms with Gasteiger partial charge in [0.2, 0.25) is 11.8 Å². The Balaban J connectivity index is 1.67. The lowest BCUT2D eigenvalue weighted by molar-refractivity contribution is -0.130. The third-order valence-electron chi connectivity index (χ3n) is 7.54. The van der Waals surface area contributed by atoms with E-state index >= 15 is 0 Å². The van der Waals surface area contributed by atoms with Crippen LogP contribution in [0.3, 0.4) is 0 Å². The van der Waals surface area contributed by atoms with Gasteiger partial charge < -0.3 is 35.1 Å². The van der Waals surface area contributed by atoms with E-state index in [4.69, 9.17) is 14.2 Å². The Morgan fingerprint density at radius 3 is 2.48 bits per heavy atom. The van der Waals surface area contributed by atoms with E-state index in [2.05, 4.69) is 20.9 Å². The summed E-state index contributed by atoms with van der Waals surface area (Å²) < 4.78 is 17.3. The van der Waals surface area contributed by atoms with Crippen LogP contribution >= 0.6 is 0 Å². The molecule has 0 aliphatic carbocycles. The summed E-state index contributed by atoms with van der Waals surface area (Å²) in [5.74, 6) is -0.229. The van der Waals surface area contributed by atoms with E-state index < -0.39 is 17.9 Å². The minimum atomic E-state index is -0.873. The summed E-state index contributed by atoms with van der Waals surface area (Å²) in [6, 6.07) is 10.9. The highest BCUT2D eigenvalue weighted by Gasteiger charge is 2.27. The van der Waals surface area contributed by atoms with Crippen LogP contribution in [0.15, 0.2) is 54.9 Å². The average Bonchev–Trinajstić information content (AvgIpc) is 3.04. The van der Waals surface area contributed by atoms with Gasteiger partial charge in [-0.05, 0) is 67.6 Å². The molecule has 0 saturated carbocycles. The molecule has 4 rings (SSSR count). The fraction of sp³-hybridized carbons (Fsp3) is 0.382. The van der Waals surface area contributed by atoms with Crippen LogP contribution in [0.5, 0.6) is 23.0 Å². The molecule has 0 spiro atoms. The zero-order valence-electron chi connectivity index (χ0n) is 26.8. The third-order valence-corrected chi connectivity index (χ3v) is 7.54. The number of hydrogen-bond acceptors (Lipinski definition) is 8. The van der Waals surface area contributed by atoms with Crippen LogP contribution in [0.1, 0.15) is 58.5 Å². The van der Waals surface area contributed by atoms with Crippen molar-refractivity contribution in [3.63, 3.8) is 0 Å². The lowest BCUT2D eigenvalue weighted by Gasteiger charge is -2.26. The van der Waals surface area contributed by atoms with Crippen molar-refractivity contribution >= 4 is 23.6 Å². The average molecular weight is 632 g/mol. The Bertz CT molecular complexity index is 1580. The number of ether oxygens (including phenoxy) is 3. The lowest BCUT2D eigenvalue weighted by Crippen LogP contribution is -2.52. The van der Waals surface area contributed by atoms with Gasteiger partial charge in [-0.15, -0.1) is 0 Å². The number of nitrogens with one attached hydrogen (secondary N) is 3. The molecule has 0 fully saturated rings. The van der Waals surface area contributed by atoms with Gasteiger partial charge in [0.25, 0.3) is 11.8 Å². The summed E-state index contributed by atoms with van der Waals surface area (Å²) >= 11 is 0. The summed E-state index contributed by atoms with van der Waals surface area (Å²) in [6.45, 7) is 5.85. The Morgan fingerprint density at radius 2 is 1.76 bits per heavy atom. The molecule has 4 amide bonds. The zero-order valence-corrected chi connectivity index (χ0v) is 26.8. The number of hydrogen-bond donors (Lipinski definition) is 3. The lowest BCUT2D eigenvalue weighted by atomic mass is 10.0. The van der Waals surface area contributed by atoms with E-state index in [1.54, 1.807) is 48.7 Å². The van der Waals surface area contributed by atoms with E-state index in [1.165, 1.54) is 25.3 Å². The van der Waals surface area contributed by atoms with Crippen molar-refractivity contribution in [1.29, 1.82) is 0 Å². The van der Waals surface area contributed by atoms with Crippen LogP contribution in [-0.4, -0.2) is 73.4 Å². The van der Waals surface area contributed by atoms with Gasteiger partial charge in [-0.2, -0.15) is 0 Å². The summed E-state index contributed by atoms with van der Waals surface area (Å²) in [5, 5.41) is 8.62. The number of aryl methyl sites for hydroxylation is 1. The molecule has 1 atom stereocenters. The largest absolute Gasteiger partial charge is 0.496 e. The number of rotatable bonds is 4. The van der Waals surface area contributed by atoms with Gasteiger partial charge in [-0.25, -0.2) is 0 Å². The Hall–Kier alpha value is -5.13. The predicted molar refractivity (Wildman–Crippen MR) is 171 cm³/mol. The number of fused-ring (bicyclic) bond motifs is 3. The van der Waals surface area contributed by atoms with Crippen molar-refractivity contribution in [3.8, 4) is 23.0 Å². The molecule has 2 aromatic carbocycles. The second-order valence-corrected chi connectivity index (χ2v) is 11.4. The van der Waals surface area contributed by atoms with E-state index in [-0.39, 0.29) is 37.4 Å². The van der Waals surface area contributed by atoms with Gasteiger partial charge in [0.1, 0.15) is 17.5 Å². The second-order valence-electron chi connectivity index (χ2n) is 11.4. The minimum absolute atomic E-state index is 0.0186. The monoisotopic (exact) mass is 631 g/mol. The number of pyridine rings is 1. The Kier molecular flexibility index (Phi) is 11.5. The van der Waals surface area contributed by atoms with Gasteiger partial charge in [-0.1, -0.05) is 19.9 Å². The van der Waals surface area contributed by atoms with Crippen LogP contribution < -0.4 is 30.2 Å². The van der Waals surface area contributed by atoms with Crippen molar-refractivity contribution in [1.82, 2.24) is 25.8 Å². The van der Waals surface area contributed by atoms with Crippen LogP contribution in [0.2, 0.25) is 0 Å². The smallest absolute Gasteiger partial charge is 0.255 e. The highest BCUT2D eigenvalue weighted by atomic mass is 16.5. The molecule has 0 saturated heterocycles. The molecule has 2 bridgehead atoms. The van der Waals surface area contributed by atoms with E-state index in [1.807, 2.05) is 20.8 Å². The molecule has 12 nitrogen and oxygen atoms in total. The number of aromatic nitrogens is 1. The number of benzene rings is 2. The minimum Gasteiger partial charge on any atom is -0.496 e. The molecule has 3 N–H and O–H groups in total. The van der Waals surface area contributed by atoms with Crippen molar-refractivity contribution in [2.24, 2.45) is 5.92 Å². The molecule has 1 aliphatic heterocycles. The zero-order chi connectivity index (χ0) is 33.2. The SMILES string of the molecule is COc1ccc2cc1Oc1cccc(OC)c1CNC(=O)[C@@H](C(C)C)NC(=O)CN(C(=O)c1cncc(C)c1)CCCCNC2=O. The third kappa shape index (κ3) is 8.52. The molecule has 46 heavy (non-hydrogen) atoms. The maximum Gasteiger partial charge on any atom is 0.255 e. The quantitative estimate of drug-likeness (QED) is 0.396. The van der Waals surface area contributed by atoms with E-state index in [9.17, 15) is 19.2 Å². The fourth-order valence-corrected chi connectivity index (χ4v) is 5.07. The van der Waals surface area contributed by atoms with Gasteiger partial charge >= 0.3 is 0 Å². The summed E-state index contributed by atoms with van der Waals surface area (Å²) in [5.41, 5.74) is 2.08. The predicted octanol–water partition coefficient (Wildman–Crippen LogP) is 3.62. The molecule has 0 unspecified atom stereocenters. The number of amides is 4. The number of carbonyl (C=O) groups is 4. The fourth-order valence-electron chi connectivity index (χ4n) is 5.07. The number of methoxy groups -OCH3 is 2. The molecule has 0 radical (unpaired) electrons. The first-order valence-electron chi connectivity index (χ1n) is 15.2. The second kappa shape index (κ2) is 15.7. The normalized spacial score (nSPS) is 16.7. The van der Waals surface area contributed by atoms with Crippen LogP contribution in [0.4, 0.5) is 0 Å². The molecule has 244 valence electrons. The standard InChI is InChI=1S/C34H41N5O7/c1-21(2)31-33(42)37-19-25-26(44-4)9-8-10-27(25)46-29-16-23(11-12-28(29)45-5)32(41)36-13-6-7-14-39(20-30(40)38-31)34(43)24-15-22(3)17-35-18-24/h8-12,15-18,21,31H,6-7,13-14,19-20H2,1-5H3,(H,36,41)(H,37,42)(H,38,40)/t31-/m1/s1. The van der Waals surface area contributed by atoms with Gasteiger partial charge in [-0.3, -0.25) is 24.2 Å². The van der Waals surface area contributed by atoms with Crippen LogP contribution in [-0.2, 0) is 16.1 Å². The highest BCUT2D eigenvalue weighted by Crippen LogP contribution is 2.37. The molecule has 12 heteroatoms. The van der Waals surface area contributed by atoms with Gasteiger partial charge in [0.15, 0.2) is 11.5 Å². The van der Waals surface area contributed by atoms with Crippen molar-refractivity contribution in [2.45, 2.75) is 46.2 Å². The van der Waals surface area contributed by atoms with Crippen molar-refractivity contribution in [3.05, 3.63) is 77.1 Å².